The Morgan fingerprint density at radius 1 is 0.882 bits per heavy atom. The van der Waals surface area contributed by atoms with Crippen LogP contribution in [0.2, 0.25) is 0 Å². The first-order valence-electron chi connectivity index (χ1n) is 6.25. The maximum absolute atomic E-state index is 8.48. The SMILES string of the molecule is O=[P+]([O-])[O-].[CH2-]CCCCCCCCCCC.[Nd+3]. The van der Waals surface area contributed by atoms with Gasteiger partial charge >= 0.3 is 40.8 Å². The molecule has 5 heteroatoms. The van der Waals surface area contributed by atoms with Crippen molar-refractivity contribution >= 4 is 8.25 Å². The van der Waals surface area contributed by atoms with Crippen LogP contribution in [0, 0.1) is 47.8 Å². The fourth-order valence-electron chi connectivity index (χ4n) is 1.49. The monoisotopic (exact) mass is 390 g/mol. The molecule has 0 saturated heterocycles. The first-order chi connectivity index (χ1) is 7.65. The molecule has 3 nitrogen and oxygen atoms in total. The van der Waals surface area contributed by atoms with E-state index < -0.39 is 8.25 Å². The van der Waals surface area contributed by atoms with Gasteiger partial charge in [0.2, 0.25) is 0 Å². The van der Waals surface area contributed by atoms with Crippen LogP contribution in [0.3, 0.4) is 0 Å². The normalized spacial score (nSPS) is 8.94. The molecule has 0 aliphatic heterocycles. The molecule has 17 heavy (non-hydrogen) atoms. The summed E-state index contributed by atoms with van der Waals surface area (Å²) in [5, 5.41) is 0. The molecule has 0 unspecified atom stereocenters. The van der Waals surface area contributed by atoms with Gasteiger partial charge in [0.1, 0.15) is 0 Å². The van der Waals surface area contributed by atoms with E-state index in [4.69, 9.17) is 14.4 Å². The Balaban J connectivity index is -0.000000340. The van der Waals surface area contributed by atoms with E-state index in [2.05, 4.69) is 13.8 Å². The summed E-state index contributed by atoms with van der Waals surface area (Å²) in [6.45, 7) is 6.12. The summed E-state index contributed by atoms with van der Waals surface area (Å²) in [4.78, 5) is 17.0. The second kappa shape index (κ2) is 22.5. The number of rotatable bonds is 9. The van der Waals surface area contributed by atoms with Crippen molar-refractivity contribution in [3.8, 4) is 0 Å². The van der Waals surface area contributed by atoms with Crippen molar-refractivity contribution in [3.05, 3.63) is 6.92 Å². The van der Waals surface area contributed by atoms with Crippen molar-refractivity contribution in [1.29, 1.82) is 0 Å². The first-order valence-corrected chi connectivity index (χ1v) is 7.35. The summed E-state index contributed by atoms with van der Waals surface area (Å²) in [6.07, 6.45) is 13.9. The maximum Gasteiger partial charge on any atom is 3.00 e. The Kier molecular flexibility index (Phi) is 31.1. The Morgan fingerprint density at radius 2 is 1.18 bits per heavy atom. The fourth-order valence-corrected chi connectivity index (χ4v) is 1.49. The predicted molar refractivity (Wildman–Crippen MR) is 64.8 cm³/mol. The smallest absolute Gasteiger partial charge is 0.598 e. The molecule has 0 heterocycles. The van der Waals surface area contributed by atoms with Crippen molar-refractivity contribution in [2.24, 2.45) is 0 Å². The van der Waals surface area contributed by atoms with Crippen LogP contribution in [0.1, 0.15) is 71.1 Å². The topological polar surface area (TPSA) is 63.2 Å². The third kappa shape index (κ3) is 38.2. The predicted octanol–water partition coefficient (Wildman–Crippen LogP) is 3.11. The van der Waals surface area contributed by atoms with E-state index in [0.29, 0.717) is 0 Å². The van der Waals surface area contributed by atoms with E-state index >= 15 is 0 Å². The van der Waals surface area contributed by atoms with E-state index in [0.717, 1.165) is 6.42 Å². The van der Waals surface area contributed by atoms with Crippen LogP contribution in [-0.2, 0) is 4.57 Å². The van der Waals surface area contributed by atoms with Gasteiger partial charge in [-0.1, -0.05) is 69.3 Å². The van der Waals surface area contributed by atoms with Crippen molar-refractivity contribution in [3.63, 3.8) is 0 Å². The summed E-state index contributed by atoms with van der Waals surface area (Å²) in [5.41, 5.74) is 0. The Hall–Kier alpha value is 1.37. The van der Waals surface area contributed by atoms with Crippen LogP contribution in [0.15, 0.2) is 0 Å². The zero-order valence-electron chi connectivity index (χ0n) is 11.0. The van der Waals surface area contributed by atoms with Crippen LogP contribution in [-0.4, -0.2) is 0 Å². The average molecular weight is 393 g/mol. The van der Waals surface area contributed by atoms with E-state index in [1.54, 1.807) is 0 Å². The van der Waals surface area contributed by atoms with Crippen LogP contribution in [0.5, 0.6) is 0 Å². The first kappa shape index (κ1) is 23.5. The number of hydrogen-bond acceptors (Lipinski definition) is 3. The van der Waals surface area contributed by atoms with Crippen LogP contribution < -0.4 is 9.79 Å². The van der Waals surface area contributed by atoms with Gasteiger partial charge in [-0.25, -0.2) is 0 Å². The summed E-state index contributed by atoms with van der Waals surface area (Å²) in [6, 6.07) is 0. The summed E-state index contributed by atoms with van der Waals surface area (Å²) in [5.74, 6) is 0. The third-order valence-electron chi connectivity index (χ3n) is 2.35. The van der Waals surface area contributed by atoms with Gasteiger partial charge in [0.25, 0.3) is 8.25 Å². The zero-order chi connectivity index (χ0) is 12.6. The molecule has 0 aliphatic rings. The number of unbranched alkanes of at least 4 members (excludes halogenated alkanes) is 9. The molecule has 0 rings (SSSR count). The van der Waals surface area contributed by atoms with Gasteiger partial charge in [-0.2, -0.15) is 6.42 Å². The van der Waals surface area contributed by atoms with Gasteiger partial charge in [0.05, 0.1) is 0 Å². The van der Waals surface area contributed by atoms with Gasteiger partial charge in [-0.3, -0.25) is 0 Å². The van der Waals surface area contributed by atoms with Crippen molar-refractivity contribution in [1.82, 2.24) is 0 Å². The van der Waals surface area contributed by atoms with Gasteiger partial charge in [0, 0.05) is 0 Å². The van der Waals surface area contributed by atoms with E-state index in [1.807, 2.05) is 0 Å². The van der Waals surface area contributed by atoms with E-state index in [9.17, 15) is 0 Å². The summed E-state index contributed by atoms with van der Waals surface area (Å²) < 4.78 is 8.48. The molecule has 0 bridgehead atoms. The quantitative estimate of drug-likeness (QED) is 0.344. The molecule has 0 spiro atoms. The number of hydrogen-bond donors (Lipinski definition) is 0. The Labute approximate surface area is 140 Å². The molecule has 0 fully saturated rings. The molecule has 0 saturated carbocycles. The van der Waals surface area contributed by atoms with Crippen LogP contribution >= 0.6 is 8.25 Å². The van der Waals surface area contributed by atoms with Gasteiger partial charge in [-0.15, -0.1) is 0 Å². The largest absolute Gasteiger partial charge is 3.00 e. The second-order valence-corrected chi connectivity index (χ2v) is 4.35. The molecule has 0 aromatic heterocycles. The van der Waals surface area contributed by atoms with E-state index in [-0.39, 0.29) is 40.8 Å². The van der Waals surface area contributed by atoms with Crippen molar-refractivity contribution in [2.45, 2.75) is 71.1 Å². The molecule has 0 aromatic carbocycles. The van der Waals surface area contributed by atoms with Crippen molar-refractivity contribution < 1.29 is 55.2 Å². The molecule has 99 valence electrons. The maximum atomic E-state index is 8.48. The molecular formula is C12H25NdO3P+. The molecule has 0 N–H and O–H groups in total. The average Bonchev–Trinajstić information content (AvgIpc) is 2.21. The summed E-state index contributed by atoms with van der Waals surface area (Å²) >= 11 is 0. The van der Waals surface area contributed by atoms with Crippen LogP contribution in [0.4, 0.5) is 0 Å². The van der Waals surface area contributed by atoms with Gasteiger partial charge < -0.3 is 16.7 Å². The Morgan fingerprint density at radius 3 is 1.47 bits per heavy atom. The molecule has 0 aromatic rings. The van der Waals surface area contributed by atoms with Crippen LogP contribution in [0.25, 0.3) is 0 Å². The molecule has 0 aliphatic carbocycles. The Bertz CT molecular complexity index is 132. The third-order valence-corrected chi connectivity index (χ3v) is 2.35. The molecule has 0 atom stereocenters. The minimum atomic E-state index is -3.37. The summed E-state index contributed by atoms with van der Waals surface area (Å²) in [7, 11) is -3.37. The zero-order valence-corrected chi connectivity index (χ0v) is 15.1. The molecule has 0 amide bonds. The molecule has 1 radical (unpaired) electrons. The standard InChI is InChI=1S/C12H25.Nd.HO3P/c1-3-5-7-9-11-12-10-8-6-4-2;;1-4(2)3/h1,3-12H2,2H3;;(H,1,2,3)/q-1;+3;/p-1. The molecular weight excluding hydrogens is 367 g/mol. The minimum absolute atomic E-state index is 0. The fraction of sp³-hybridized carbons (Fsp3) is 0.917. The van der Waals surface area contributed by atoms with Gasteiger partial charge in [-0.05, 0) is 0 Å². The van der Waals surface area contributed by atoms with Crippen molar-refractivity contribution in [2.75, 3.05) is 0 Å². The minimum Gasteiger partial charge on any atom is -0.598 e. The second-order valence-electron chi connectivity index (χ2n) is 3.91. The van der Waals surface area contributed by atoms with Gasteiger partial charge in [0.15, 0.2) is 0 Å². The van der Waals surface area contributed by atoms with E-state index in [1.165, 1.54) is 57.8 Å².